The van der Waals surface area contributed by atoms with Crippen molar-refractivity contribution >= 4 is 27.0 Å². The van der Waals surface area contributed by atoms with Crippen molar-refractivity contribution in [2.45, 2.75) is 51.2 Å². The molecule has 1 heterocycles. The molecule has 0 saturated carbocycles. The fraction of sp³-hybridized carbons (Fsp3) is 0.500. The van der Waals surface area contributed by atoms with Crippen LogP contribution in [0.2, 0.25) is 0 Å². The summed E-state index contributed by atoms with van der Waals surface area (Å²) in [5.74, 6) is 0.445. The van der Waals surface area contributed by atoms with Crippen LogP contribution in [-0.4, -0.2) is 51.4 Å². The van der Waals surface area contributed by atoms with Gasteiger partial charge in [-0.2, -0.15) is 0 Å². The second-order valence-electron chi connectivity index (χ2n) is 8.92. The first-order valence-corrected chi connectivity index (χ1v) is 13.4. The van der Waals surface area contributed by atoms with Crippen LogP contribution in [0.3, 0.4) is 0 Å². The molecular formula is C26H36N2O3S. The molecule has 0 atom stereocenters. The molecule has 1 aliphatic rings. The van der Waals surface area contributed by atoms with Crippen molar-refractivity contribution in [2.24, 2.45) is 0 Å². The van der Waals surface area contributed by atoms with E-state index in [0.717, 1.165) is 44.6 Å². The van der Waals surface area contributed by atoms with E-state index >= 15 is 0 Å². The lowest BCUT2D eigenvalue weighted by Gasteiger charge is -2.37. The number of ketones is 1. The zero-order chi connectivity index (χ0) is 23.0. The number of anilines is 2. The molecule has 5 nitrogen and oxygen atoms in total. The van der Waals surface area contributed by atoms with Gasteiger partial charge in [0.25, 0.3) is 0 Å². The van der Waals surface area contributed by atoms with Gasteiger partial charge in [-0.05, 0) is 56.5 Å². The number of carbonyl (C=O) groups is 1. The Morgan fingerprint density at radius 2 is 1.38 bits per heavy atom. The van der Waals surface area contributed by atoms with Gasteiger partial charge in [-0.25, -0.2) is 8.42 Å². The van der Waals surface area contributed by atoms with Gasteiger partial charge in [0.1, 0.15) is 5.78 Å². The van der Waals surface area contributed by atoms with E-state index in [2.05, 4.69) is 58.3 Å². The van der Waals surface area contributed by atoms with Gasteiger partial charge in [0.05, 0.1) is 11.0 Å². The maximum absolute atomic E-state index is 12.3. The van der Waals surface area contributed by atoms with Crippen LogP contribution in [0.4, 0.5) is 11.4 Å². The Kier molecular flexibility index (Phi) is 8.74. The molecule has 2 aromatic carbocycles. The molecule has 0 radical (unpaired) electrons. The van der Waals surface area contributed by atoms with Crippen LogP contribution < -0.4 is 9.80 Å². The molecule has 0 aromatic heterocycles. The molecule has 0 aliphatic carbocycles. The first-order valence-electron chi connectivity index (χ1n) is 11.7. The number of sulfone groups is 1. The fourth-order valence-corrected chi connectivity index (χ4v) is 5.12. The van der Waals surface area contributed by atoms with Crippen molar-refractivity contribution in [1.29, 1.82) is 0 Å². The number of nitrogens with zero attached hydrogens (tertiary/aromatic N) is 2. The average Bonchev–Trinajstić information content (AvgIpc) is 2.80. The van der Waals surface area contributed by atoms with Crippen LogP contribution in [0.15, 0.2) is 54.6 Å². The molecule has 0 amide bonds. The Labute approximate surface area is 193 Å². The highest BCUT2D eigenvalue weighted by molar-refractivity contribution is 7.91. The van der Waals surface area contributed by atoms with E-state index in [4.69, 9.17) is 0 Å². The summed E-state index contributed by atoms with van der Waals surface area (Å²) in [6, 6.07) is 18.9. The maximum atomic E-state index is 12.3. The largest absolute Gasteiger partial charge is 0.368 e. The molecular weight excluding hydrogens is 420 g/mol. The molecule has 174 valence electrons. The molecule has 1 fully saturated rings. The third-order valence-corrected chi connectivity index (χ3v) is 8.50. The van der Waals surface area contributed by atoms with E-state index in [1.807, 2.05) is 6.07 Å². The Hall–Kier alpha value is -2.34. The summed E-state index contributed by atoms with van der Waals surface area (Å²) < 4.78 is 23.6. The molecule has 0 bridgehead atoms. The number of carbonyl (C=O) groups excluding carboxylic acids is 1. The number of hydrogen-bond acceptors (Lipinski definition) is 5. The summed E-state index contributed by atoms with van der Waals surface area (Å²) in [6.45, 7) is 7.41. The smallest absolute Gasteiger partial charge is 0.152 e. The highest BCUT2D eigenvalue weighted by Gasteiger charge is 2.18. The van der Waals surface area contributed by atoms with Gasteiger partial charge >= 0.3 is 0 Å². The molecule has 0 N–H and O–H groups in total. The van der Waals surface area contributed by atoms with E-state index in [1.165, 1.54) is 11.4 Å². The maximum Gasteiger partial charge on any atom is 0.152 e. The number of benzene rings is 2. The number of unbranched alkanes of at least 4 members (excludes halogenated alkanes) is 2. The second-order valence-corrected chi connectivity index (χ2v) is 11.6. The predicted molar refractivity (Wildman–Crippen MR) is 133 cm³/mol. The van der Waals surface area contributed by atoms with Crippen molar-refractivity contribution in [1.82, 2.24) is 0 Å². The van der Waals surface area contributed by atoms with Crippen LogP contribution in [0, 0.1) is 0 Å². The third kappa shape index (κ3) is 7.09. The number of para-hydroxylation sites is 1. The number of piperazine rings is 1. The summed E-state index contributed by atoms with van der Waals surface area (Å²) in [7, 11) is -2.97. The standard InChI is InChI=1S/C26H36N2O3S/c1-22(2)32(30,31)20-8-4-7-11-26(29)21-23-12-14-25(15-13-23)28-18-16-27(17-19-28)24-9-5-3-6-10-24/h3,5-6,9-10,12-15,22H,4,7-8,11,16-21H2,1-2H3. The van der Waals surface area contributed by atoms with Crippen LogP contribution in [0.5, 0.6) is 0 Å². The normalized spacial score (nSPS) is 14.7. The molecule has 6 heteroatoms. The predicted octanol–water partition coefficient (Wildman–Crippen LogP) is 4.51. The van der Waals surface area contributed by atoms with E-state index in [1.54, 1.807) is 13.8 Å². The molecule has 1 aliphatic heterocycles. The van der Waals surface area contributed by atoms with E-state index in [-0.39, 0.29) is 16.8 Å². The zero-order valence-corrected chi connectivity index (χ0v) is 20.2. The molecule has 0 spiro atoms. The van der Waals surface area contributed by atoms with Gasteiger partial charge in [-0.1, -0.05) is 36.8 Å². The van der Waals surface area contributed by atoms with Gasteiger partial charge in [0.2, 0.25) is 0 Å². The van der Waals surface area contributed by atoms with E-state index in [0.29, 0.717) is 19.3 Å². The van der Waals surface area contributed by atoms with Crippen molar-refractivity contribution in [2.75, 3.05) is 41.7 Å². The number of Topliss-reactive ketones (excluding diaryl/α,β-unsaturated/α-hetero) is 1. The third-order valence-electron chi connectivity index (χ3n) is 6.21. The SMILES string of the molecule is CC(C)S(=O)(=O)CCCCCC(=O)Cc1ccc(N2CCN(c3ccccc3)CC2)cc1. The van der Waals surface area contributed by atoms with Gasteiger partial charge in [-0.3, -0.25) is 4.79 Å². The lowest BCUT2D eigenvalue weighted by atomic mass is 10.0. The minimum Gasteiger partial charge on any atom is -0.368 e. The van der Waals surface area contributed by atoms with Crippen LogP contribution in [0.1, 0.15) is 45.1 Å². The van der Waals surface area contributed by atoms with Crippen LogP contribution >= 0.6 is 0 Å². The van der Waals surface area contributed by atoms with Gasteiger partial charge < -0.3 is 9.80 Å². The fourth-order valence-electron chi connectivity index (χ4n) is 4.04. The van der Waals surface area contributed by atoms with Crippen molar-refractivity contribution in [3.63, 3.8) is 0 Å². The molecule has 3 rings (SSSR count). The lowest BCUT2D eigenvalue weighted by molar-refractivity contribution is -0.118. The van der Waals surface area contributed by atoms with Gasteiger partial charge in [0, 0.05) is 50.4 Å². The average molecular weight is 457 g/mol. The van der Waals surface area contributed by atoms with E-state index < -0.39 is 9.84 Å². The Balaban J connectivity index is 1.38. The summed E-state index contributed by atoms with van der Waals surface area (Å²) in [5, 5.41) is -0.320. The second kappa shape index (κ2) is 11.5. The zero-order valence-electron chi connectivity index (χ0n) is 19.4. The van der Waals surface area contributed by atoms with E-state index in [9.17, 15) is 13.2 Å². The van der Waals surface area contributed by atoms with Crippen LogP contribution in [0.25, 0.3) is 0 Å². The molecule has 2 aromatic rings. The van der Waals surface area contributed by atoms with Crippen molar-refractivity contribution in [3.05, 3.63) is 60.2 Å². The van der Waals surface area contributed by atoms with Gasteiger partial charge in [-0.15, -0.1) is 0 Å². The molecule has 32 heavy (non-hydrogen) atoms. The Morgan fingerprint density at radius 1 is 0.812 bits per heavy atom. The minimum atomic E-state index is -2.97. The summed E-state index contributed by atoms with van der Waals surface area (Å²) in [6.07, 6.45) is 3.15. The first-order chi connectivity index (χ1) is 15.3. The number of hydrogen-bond donors (Lipinski definition) is 0. The summed E-state index contributed by atoms with van der Waals surface area (Å²) in [5.41, 5.74) is 3.53. The topological polar surface area (TPSA) is 57.7 Å². The molecule has 0 unspecified atom stereocenters. The molecule has 1 saturated heterocycles. The first kappa shape index (κ1) is 24.3. The summed E-state index contributed by atoms with van der Waals surface area (Å²) >= 11 is 0. The minimum absolute atomic E-state index is 0.222. The Morgan fingerprint density at radius 3 is 1.94 bits per heavy atom. The van der Waals surface area contributed by atoms with Crippen molar-refractivity contribution in [3.8, 4) is 0 Å². The van der Waals surface area contributed by atoms with Crippen molar-refractivity contribution < 1.29 is 13.2 Å². The monoisotopic (exact) mass is 456 g/mol. The quantitative estimate of drug-likeness (QED) is 0.466. The Bertz CT molecular complexity index is 948. The highest BCUT2D eigenvalue weighted by Crippen LogP contribution is 2.21. The van der Waals surface area contributed by atoms with Crippen LogP contribution in [-0.2, 0) is 21.1 Å². The lowest BCUT2D eigenvalue weighted by Crippen LogP contribution is -2.46. The van der Waals surface area contributed by atoms with Gasteiger partial charge in [0.15, 0.2) is 9.84 Å². The summed E-state index contributed by atoms with van der Waals surface area (Å²) in [4.78, 5) is 17.1. The highest BCUT2D eigenvalue weighted by atomic mass is 32.2. The number of rotatable bonds is 11.